The standard InChI is InChI=1S/C17H20O2/c1-2-3-4-5-6-7-8-9-10-11-12-13-14-15-16-17(18)19/h5-8,13-14H,2-4,15-16H2,1H3,(H,18,19)/b6-5+,8-7+,14-13-. The Balaban J connectivity index is 3.77. The summed E-state index contributed by atoms with van der Waals surface area (Å²) in [6.07, 6.45) is 15.3. The molecule has 0 saturated heterocycles. The van der Waals surface area contributed by atoms with Crippen LogP contribution in [-0.4, -0.2) is 11.1 Å². The molecule has 0 aliphatic rings. The van der Waals surface area contributed by atoms with Gasteiger partial charge in [0.05, 0.1) is 0 Å². The van der Waals surface area contributed by atoms with Gasteiger partial charge in [0, 0.05) is 6.42 Å². The molecule has 0 atom stereocenters. The highest BCUT2D eigenvalue weighted by Crippen LogP contribution is 1.94. The lowest BCUT2D eigenvalue weighted by molar-refractivity contribution is -0.136. The fourth-order valence-electron chi connectivity index (χ4n) is 1.11. The van der Waals surface area contributed by atoms with E-state index in [9.17, 15) is 4.79 Å². The quantitative estimate of drug-likeness (QED) is 0.428. The van der Waals surface area contributed by atoms with Gasteiger partial charge in [-0.2, -0.15) is 0 Å². The lowest BCUT2D eigenvalue weighted by Crippen LogP contribution is -1.91. The van der Waals surface area contributed by atoms with Crippen LogP contribution in [0.5, 0.6) is 0 Å². The molecule has 0 aliphatic carbocycles. The first-order chi connectivity index (χ1) is 9.27. The lowest BCUT2D eigenvalue weighted by atomic mass is 10.2. The number of carbonyl (C=O) groups is 1. The smallest absolute Gasteiger partial charge is 0.303 e. The molecule has 0 aromatic heterocycles. The zero-order valence-corrected chi connectivity index (χ0v) is 11.4. The van der Waals surface area contributed by atoms with Crippen LogP contribution in [-0.2, 0) is 4.79 Å². The van der Waals surface area contributed by atoms with Crippen LogP contribution in [0.3, 0.4) is 0 Å². The molecule has 0 aromatic rings. The van der Waals surface area contributed by atoms with Crippen molar-refractivity contribution < 1.29 is 9.90 Å². The molecule has 0 heterocycles. The average molecular weight is 256 g/mol. The number of carboxylic acids is 1. The predicted molar refractivity (Wildman–Crippen MR) is 79.4 cm³/mol. The molecule has 19 heavy (non-hydrogen) atoms. The number of unbranched alkanes of at least 4 members (excludes halogenated alkanes) is 2. The molecule has 0 bridgehead atoms. The lowest BCUT2D eigenvalue weighted by Gasteiger charge is -1.84. The van der Waals surface area contributed by atoms with E-state index in [1.165, 1.54) is 12.8 Å². The summed E-state index contributed by atoms with van der Waals surface area (Å²) in [6, 6.07) is 0. The van der Waals surface area contributed by atoms with Gasteiger partial charge in [-0.25, -0.2) is 0 Å². The molecule has 1 N–H and O–H groups in total. The maximum atomic E-state index is 10.2. The Hall–Kier alpha value is -2.19. The van der Waals surface area contributed by atoms with Gasteiger partial charge in [0.1, 0.15) is 0 Å². The van der Waals surface area contributed by atoms with E-state index in [4.69, 9.17) is 5.11 Å². The van der Waals surface area contributed by atoms with Gasteiger partial charge in [-0.3, -0.25) is 4.79 Å². The molecule has 0 aliphatic heterocycles. The minimum absolute atomic E-state index is 0.136. The normalized spacial score (nSPS) is 10.4. The fourth-order valence-corrected chi connectivity index (χ4v) is 1.11. The maximum Gasteiger partial charge on any atom is 0.303 e. The first kappa shape index (κ1) is 16.8. The van der Waals surface area contributed by atoms with Crippen LogP contribution in [0, 0.1) is 23.7 Å². The number of allylic oxidation sites excluding steroid dienone is 6. The van der Waals surface area contributed by atoms with Crippen molar-refractivity contribution in [3.05, 3.63) is 36.5 Å². The van der Waals surface area contributed by atoms with Crippen LogP contribution in [0.2, 0.25) is 0 Å². The van der Waals surface area contributed by atoms with Gasteiger partial charge in [-0.15, -0.1) is 0 Å². The van der Waals surface area contributed by atoms with Gasteiger partial charge in [0.25, 0.3) is 0 Å². The minimum Gasteiger partial charge on any atom is -0.481 e. The SMILES string of the molecule is CCCC/C=C/C=C/C#CC#C/C=C\CCC(=O)O. The van der Waals surface area contributed by atoms with Gasteiger partial charge in [0.2, 0.25) is 0 Å². The van der Waals surface area contributed by atoms with Crippen molar-refractivity contribution in [1.82, 2.24) is 0 Å². The van der Waals surface area contributed by atoms with E-state index in [0.29, 0.717) is 6.42 Å². The second-order valence-electron chi connectivity index (χ2n) is 3.80. The van der Waals surface area contributed by atoms with Gasteiger partial charge in [-0.05, 0) is 36.8 Å². The highest BCUT2D eigenvalue weighted by molar-refractivity contribution is 5.66. The molecule has 0 unspecified atom stereocenters. The molecule has 2 nitrogen and oxygen atoms in total. The van der Waals surface area contributed by atoms with Gasteiger partial charge in [0.15, 0.2) is 0 Å². The number of carboxylic acid groups (broad SMARTS) is 1. The number of aliphatic carboxylic acids is 1. The molecule has 2 heteroatoms. The summed E-state index contributed by atoms with van der Waals surface area (Å²) in [5.74, 6) is 10.1. The van der Waals surface area contributed by atoms with Crippen LogP contribution in [0.15, 0.2) is 36.5 Å². The Morgan fingerprint density at radius 2 is 1.79 bits per heavy atom. The van der Waals surface area contributed by atoms with E-state index in [1.807, 2.05) is 12.2 Å². The summed E-state index contributed by atoms with van der Waals surface area (Å²) in [4.78, 5) is 10.2. The van der Waals surface area contributed by atoms with Crippen molar-refractivity contribution in [3.8, 4) is 23.7 Å². The van der Waals surface area contributed by atoms with E-state index in [1.54, 1.807) is 18.2 Å². The van der Waals surface area contributed by atoms with Crippen molar-refractivity contribution in [3.63, 3.8) is 0 Å². The Morgan fingerprint density at radius 3 is 2.47 bits per heavy atom. The monoisotopic (exact) mass is 256 g/mol. The summed E-state index contributed by atoms with van der Waals surface area (Å²) < 4.78 is 0. The molecule has 0 saturated carbocycles. The van der Waals surface area contributed by atoms with E-state index >= 15 is 0 Å². The number of hydrogen-bond donors (Lipinski definition) is 1. The Labute approximate surface area is 115 Å². The molecule has 0 radical (unpaired) electrons. The number of rotatable bonds is 7. The summed E-state index contributed by atoms with van der Waals surface area (Å²) in [7, 11) is 0. The molecular weight excluding hydrogens is 236 g/mol. The molecule has 100 valence electrons. The first-order valence-electron chi connectivity index (χ1n) is 6.47. The van der Waals surface area contributed by atoms with Gasteiger partial charge < -0.3 is 5.11 Å². The Bertz CT molecular complexity index is 445. The van der Waals surface area contributed by atoms with Crippen LogP contribution < -0.4 is 0 Å². The van der Waals surface area contributed by atoms with Crippen molar-refractivity contribution in [2.45, 2.75) is 39.0 Å². The molecule has 0 fully saturated rings. The molecule has 0 spiro atoms. The van der Waals surface area contributed by atoms with E-state index in [2.05, 4.69) is 36.7 Å². The Morgan fingerprint density at radius 1 is 1.05 bits per heavy atom. The summed E-state index contributed by atoms with van der Waals surface area (Å²) >= 11 is 0. The highest BCUT2D eigenvalue weighted by Gasteiger charge is 1.90. The van der Waals surface area contributed by atoms with Gasteiger partial charge in [-0.1, -0.05) is 55.9 Å². The van der Waals surface area contributed by atoms with Gasteiger partial charge >= 0.3 is 5.97 Å². The van der Waals surface area contributed by atoms with E-state index in [0.717, 1.165) is 6.42 Å². The fraction of sp³-hybridized carbons (Fsp3) is 0.353. The van der Waals surface area contributed by atoms with Crippen molar-refractivity contribution in [2.75, 3.05) is 0 Å². The molecule has 0 amide bonds. The van der Waals surface area contributed by atoms with Crippen LogP contribution in [0.4, 0.5) is 0 Å². The largest absolute Gasteiger partial charge is 0.481 e. The summed E-state index contributed by atoms with van der Waals surface area (Å²) in [5, 5.41) is 8.40. The summed E-state index contributed by atoms with van der Waals surface area (Å²) in [5.41, 5.74) is 0. The predicted octanol–water partition coefficient (Wildman–Crippen LogP) is 3.72. The molecular formula is C17H20O2. The zero-order valence-electron chi connectivity index (χ0n) is 11.4. The third-order valence-electron chi connectivity index (χ3n) is 2.08. The minimum atomic E-state index is -0.797. The maximum absolute atomic E-state index is 10.2. The Kier molecular flexibility index (Phi) is 12.3. The van der Waals surface area contributed by atoms with Crippen LogP contribution >= 0.6 is 0 Å². The van der Waals surface area contributed by atoms with Crippen molar-refractivity contribution >= 4 is 5.97 Å². The van der Waals surface area contributed by atoms with Crippen LogP contribution in [0.1, 0.15) is 39.0 Å². The second kappa shape index (κ2) is 13.9. The second-order valence-corrected chi connectivity index (χ2v) is 3.80. The third kappa shape index (κ3) is 15.8. The molecule has 0 rings (SSSR count). The zero-order chi connectivity index (χ0) is 14.2. The average Bonchev–Trinajstić information content (AvgIpc) is 2.39. The first-order valence-corrected chi connectivity index (χ1v) is 6.47. The van der Waals surface area contributed by atoms with Crippen LogP contribution in [0.25, 0.3) is 0 Å². The van der Waals surface area contributed by atoms with Crippen molar-refractivity contribution in [1.29, 1.82) is 0 Å². The number of hydrogen-bond acceptors (Lipinski definition) is 1. The molecule has 0 aromatic carbocycles. The van der Waals surface area contributed by atoms with E-state index in [-0.39, 0.29) is 6.42 Å². The topological polar surface area (TPSA) is 37.3 Å². The van der Waals surface area contributed by atoms with Crippen molar-refractivity contribution in [2.24, 2.45) is 0 Å². The van der Waals surface area contributed by atoms with E-state index < -0.39 is 5.97 Å². The third-order valence-corrected chi connectivity index (χ3v) is 2.08. The highest BCUT2D eigenvalue weighted by atomic mass is 16.4. The summed E-state index contributed by atoms with van der Waals surface area (Å²) in [6.45, 7) is 2.17.